The van der Waals surface area contributed by atoms with Crippen LogP contribution in [0.2, 0.25) is 0 Å². The van der Waals surface area contributed by atoms with Crippen LogP contribution in [0.5, 0.6) is 0 Å². The molecule has 1 aliphatic rings. The summed E-state index contributed by atoms with van der Waals surface area (Å²) in [6.45, 7) is 5.79. The van der Waals surface area contributed by atoms with Crippen molar-refractivity contribution in [2.45, 2.75) is 32.4 Å². The number of nitrogens with zero attached hydrogens (tertiary/aromatic N) is 2. The Balaban J connectivity index is 1.74. The normalized spacial score (nSPS) is 26.7. The van der Waals surface area contributed by atoms with Gasteiger partial charge in [0, 0.05) is 36.1 Å². The maximum absolute atomic E-state index is 4.02. The van der Waals surface area contributed by atoms with E-state index in [1.807, 2.05) is 6.07 Å². The minimum Gasteiger partial charge on any atom is -0.382 e. The van der Waals surface area contributed by atoms with Crippen molar-refractivity contribution in [2.75, 3.05) is 18.9 Å². The van der Waals surface area contributed by atoms with E-state index >= 15 is 0 Å². The second kappa shape index (κ2) is 5.90. The van der Waals surface area contributed by atoms with Crippen LogP contribution in [0.1, 0.15) is 20.3 Å². The summed E-state index contributed by atoms with van der Waals surface area (Å²) in [7, 11) is 2.22. The molecule has 2 heterocycles. The predicted octanol–water partition coefficient (Wildman–Crippen LogP) is 3.22. The van der Waals surface area contributed by atoms with Gasteiger partial charge in [-0.15, -0.1) is 0 Å². The molecule has 1 fully saturated rings. The number of likely N-dealkylation sites (tertiary alicyclic amines) is 1. The Kier molecular flexibility index (Phi) is 3.97. The Labute approximate surface area is 126 Å². The maximum atomic E-state index is 4.02. The Hall–Kier alpha value is -1.81. The molecule has 3 atom stereocenters. The fraction of sp³-hybridized carbons (Fsp3) is 0.471. The van der Waals surface area contributed by atoms with Crippen molar-refractivity contribution in [2.24, 2.45) is 5.92 Å². The van der Waals surface area contributed by atoms with Crippen molar-refractivity contribution in [3.8, 4) is 11.3 Å². The van der Waals surface area contributed by atoms with Gasteiger partial charge in [0.2, 0.25) is 0 Å². The van der Waals surface area contributed by atoms with Crippen molar-refractivity contribution < 1.29 is 0 Å². The highest BCUT2D eigenvalue weighted by atomic mass is 15.2. The number of H-pyrrole nitrogens is 1. The first kappa shape index (κ1) is 14.1. The van der Waals surface area contributed by atoms with Crippen LogP contribution in [-0.2, 0) is 0 Å². The fourth-order valence-corrected chi connectivity index (χ4v) is 3.15. The first-order valence-corrected chi connectivity index (χ1v) is 7.70. The molecule has 3 unspecified atom stereocenters. The quantitative estimate of drug-likeness (QED) is 0.909. The molecule has 3 rings (SSSR count). The molecule has 4 heteroatoms. The third kappa shape index (κ3) is 3.10. The number of aromatic nitrogens is 2. The zero-order chi connectivity index (χ0) is 14.8. The van der Waals surface area contributed by atoms with Crippen LogP contribution in [0.4, 0.5) is 5.69 Å². The monoisotopic (exact) mass is 284 g/mol. The summed E-state index contributed by atoms with van der Waals surface area (Å²) < 4.78 is 0. The summed E-state index contributed by atoms with van der Waals surface area (Å²) in [6.07, 6.45) is 2.97. The van der Waals surface area contributed by atoms with Crippen LogP contribution in [-0.4, -0.2) is 40.8 Å². The average molecular weight is 284 g/mol. The highest BCUT2D eigenvalue weighted by Crippen LogP contribution is 2.26. The van der Waals surface area contributed by atoms with E-state index < -0.39 is 0 Å². The molecule has 2 N–H and O–H groups in total. The molecule has 1 aromatic heterocycles. The zero-order valence-corrected chi connectivity index (χ0v) is 13.0. The number of rotatable bonds is 3. The van der Waals surface area contributed by atoms with E-state index in [4.69, 9.17) is 0 Å². The lowest BCUT2D eigenvalue weighted by molar-refractivity contribution is 0.145. The Bertz CT molecular complexity index is 578. The van der Waals surface area contributed by atoms with E-state index in [9.17, 15) is 0 Å². The van der Waals surface area contributed by atoms with E-state index in [2.05, 4.69) is 65.6 Å². The Morgan fingerprint density at radius 1 is 1.29 bits per heavy atom. The SMILES string of the molecule is CC1CN(C)C(C)CC1Nc1cccc(-c2ccn[nH]2)c1. The summed E-state index contributed by atoms with van der Waals surface area (Å²) in [5.41, 5.74) is 3.42. The van der Waals surface area contributed by atoms with Gasteiger partial charge in [0.1, 0.15) is 0 Å². The topological polar surface area (TPSA) is 44.0 Å². The first-order valence-electron chi connectivity index (χ1n) is 7.70. The van der Waals surface area contributed by atoms with E-state index in [1.165, 1.54) is 17.7 Å². The van der Waals surface area contributed by atoms with Gasteiger partial charge in [-0.1, -0.05) is 19.1 Å². The third-order valence-corrected chi connectivity index (χ3v) is 4.64. The van der Waals surface area contributed by atoms with Crippen molar-refractivity contribution in [3.05, 3.63) is 36.5 Å². The molecule has 0 saturated carbocycles. The number of aromatic amines is 1. The minimum absolute atomic E-state index is 0.535. The van der Waals surface area contributed by atoms with Crippen molar-refractivity contribution in [3.63, 3.8) is 0 Å². The molecular weight excluding hydrogens is 260 g/mol. The standard InChI is InChI=1S/C17H24N4/c1-12-11-21(3)13(2)9-17(12)19-15-6-4-5-14(10-15)16-7-8-18-20-16/h4-8,10,12-13,17,19H,9,11H2,1-3H3,(H,18,20). The average Bonchev–Trinajstić information content (AvgIpc) is 2.99. The van der Waals surface area contributed by atoms with Crippen molar-refractivity contribution >= 4 is 5.69 Å². The van der Waals surface area contributed by atoms with Crippen LogP contribution in [0, 0.1) is 5.92 Å². The van der Waals surface area contributed by atoms with Crippen LogP contribution >= 0.6 is 0 Å². The van der Waals surface area contributed by atoms with Crippen molar-refractivity contribution in [1.82, 2.24) is 15.1 Å². The van der Waals surface area contributed by atoms with Crippen molar-refractivity contribution in [1.29, 1.82) is 0 Å². The fourth-order valence-electron chi connectivity index (χ4n) is 3.15. The van der Waals surface area contributed by atoms with Gasteiger partial charge < -0.3 is 10.2 Å². The predicted molar refractivity (Wildman–Crippen MR) is 87.3 cm³/mol. The van der Waals surface area contributed by atoms with Gasteiger partial charge in [0.15, 0.2) is 0 Å². The molecule has 1 aromatic carbocycles. The van der Waals surface area contributed by atoms with E-state index in [0.29, 0.717) is 18.0 Å². The molecule has 2 aromatic rings. The van der Waals surface area contributed by atoms with Crippen LogP contribution in [0.3, 0.4) is 0 Å². The lowest BCUT2D eigenvalue weighted by atomic mass is 9.89. The van der Waals surface area contributed by atoms with Gasteiger partial charge in [0.05, 0.1) is 5.69 Å². The Morgan fingerprint density at radius 3 is 2.90 bits per heavy atom. The van der Waals surface area contributed by atoms with Crippen LogP contribution in [0.15, 0.2) is 36.5 Å². The largest absolute Gasteiger partial charge is 0.382 e. The summed E-state index contributed by atoms with van der Waals surface area (Å²) in [5, 5.41) is 10.8. The molecule has 4 nitrogen and oxygen atoms in total. The molecule has 112 valence electrons. The highest BCUT2D eigenvalue weighted by Gasteiger charge is 2.28. The number of nitrogens with one attached hydrogen (secondary N) is 2. The highest BCUT2D eigenvalue weighted by molar-refractivity contribution is 5.64. The van der Waals surface area contributed by atoms with Gasteiger partial charge in [0.25, 0.3) is 0 Å². The van der Waals surface area contributed by atoms with Gasteiger partial charge in [-0.2, -0.15) is 5.10 Å². The van der Waals surface area contributed by atoms with E-state index in [1.54, 1.807) is 6.20 Å². The molecule has 1 aliphatic heterocycles. The summed E-state index contributed by atoms with van der Waals surface area (Å²) >= 11 is 0. The maximum Gasteiger partial charge on any atom is 0.0650 e. The number of piperidine rings is 1. The zero-order valence-electron chi connectivity index (χ0n) is 13.0. The summed E-state index contributed by atoms with van der Waals surface area (Å²) in [6, 6.07) is 11.7. The second-order valence-electron chi connectivity index (χ2n) is 6.30. The molecule has 21 heavy (non-hydrogen) atoms. The van der Waals surface area contributed by atoms with Gasteiger partial charge in [-0.25, -0.2) is 0 Å². The first-order chi connectivity index (χ1) is 10.1. The minimum atomic E-state index is 0.535. The van der Waals surface area contributed by atoms with E-state index in [-0.39, 0.29) is 0 Å². The lowest BCUT2D eigenvalue weighted by Crippen LogP contribution is -2.48. The third-order valence-electron chi connectivity index (χ3n) is 4.64. The number of hydrogen-bond donors (Lipinski definition) is 2. The summed E-state index contributed by atoms with van der Waals surface area (Å²) in [4.78, 5) is 2.45. The Morgan fingerprint density at radius 2 is 2.14 bits per heavy atom. The molecule has 0 aliphatic carbocycles. The molecule has 0 radical (unpaired) electrons. The van der Waals surface area contributed by atoms with Gasteiger partial charge in [-0.05, 0) is 44.5 Å². The molecule has 0 bridgehead atoms. The summed E-state index contributed by atoms with van der Waals surface area (Å²) in [5.74, 6) is 0.655. The number of hydrogen-bond acceptors (Lipinski definition) is 3. The number of benzene rings is 1. The smallest absolute Gasteiger partial charge is 0.0650 e. The number of anilines is 1. The second-order valence-corrected chi connectivity index (χ2v) is 6.30. The van der Waals surface area contributed by atoms with Gasteiger partial charge in [-0.3, -0.25) is 5.10 Å². The van der Waals surface area contributed by atoms with Gasteiger partial charge >= 0.3 is 0 Å². The molecule has 1 saturated heterocycles. The molecule has 0 amide bonds. The molecular formula is C17H24N4. The van der Waals surface area contributed by atoms with Crippen LogP contribution in [0.25, 0.3) is 11.3 Å². The van der Waals surface area contributed by atoms with E-state index in [0.717, 1.165) is 12.2 Å². The lowest BCUT2D eigenvalue weighted by Gasteiger charge is -2.40. The molecule has 0 spiro atoms. The van der Waals surface area contributed by atoms with Crippen LogP contribution < -0.4 is 5.32 Å².